The molecule has 1 saturated carbocycles. The molecule has 0 aromatic carbocycles. The average molecular weight is 243 g/mol. The monoisotopic (exact) mass is 243 g/mol. The predicted molar refractivity (Wildman–Crippen MR) is 66.1 cm³/mol. The molecule has 17 heavy (non-hydrogen) atoms. The molecular weight excluding hydrogens is 218 g/mol. The van der Waals surface area contributed by atoms with Crippen molar-refractivity contribution in [1.82, 2.24) is 5.32 Å². The van der Waals surface area contributed by atoms with Gasteiger partial charge in [-0.25, -0.2) is 0 Å². The Bertz CT molecular complexity index is 229. The molecule has 0 amide bonds. The number of nitrogens with one attached hydrogen (secondary N) is 1. The molecule has 1 heterocycles. The number of hydrogen-bond acceptors (Lipinski definition) is 4. The van der Waals surface area contributed by atoms with E-state index in [-0.39, 0.29) is 5.60 Å². The molecule has 1 aliphatic carbocycles. The molecule has 2 rings (SSSR count). The first-order valence-electron chi connectivity index (χ1n) is 6.78. The Labute approximate surface area is 104 Å². The van der Waals surface area contributed by atoms with E-state index in [4.69, 9.17) is 9.47 Å². The molecule has 1 aliphatic heterocycles. The molecule has 4 heteroatoms. The van der Waals surface area contributed by atoms with Gasteiger partial charge in [-0.2, -0.15) is 0 Å². The van der Waals surface area contributed by atoms with Crippen LogP contribution in [0.3, 0.4) is 0 Å². The van der Waals surface area contributed by atoms with Crippen LogP contribution in [0.2, 0.25) is 0 Å². The summed E-state index contributed by atoms with van der Waals surface area (Å²) in [6.45, 7) is 1.88. The first kappa shape index (κ1) is 13.3. The van der Waals surface area contributed by atoms with Crippen LogP contribution in [0.5, 0.6) is 0 Å². The van der Waals surface area contributed by atoms with E-state index < -0.39 is 6.10 Å². The summed E-state index contributed by atoms with van der Waals surface area (Å²) in [6, 6.07) is 0.494. The Morgan fingerprint density at radius 3 is 2.94 bits per heavy atom. The lowest BCUT2D eigenvalue weighted by atomic mass is 9.89. The lowest BCUT2D eigenvalue weighted by molar-refractivity contribution is -0.0847. The highest BCUT2D eigenvalue weighted by Gasteiger charge is 2.39. The van der Waals surface area contributed by atoms with Crippen LogP contribution < -0.4 is 5.32 Å². The third kappa shape index (κ3) is 3.65. The van der Waals surface area contributed by atoms with Gasteiger partial charge in [0.2, 0.25) is 0 Å². The number of aliphatic hydroxyl groups is 1. The van der Waals surface area contributed by atoms with E-state index in [9.17, 15) is 5.11 Å². The molecule has 2 aliphatic rings. The number of hydrogen-bond donors (Lipinski definition) is 2. The highest BCUT2D eigenvalue weighted by Crippen LogP contribution is 2.39. The SMILES string of the molecule is COCC(O)CNC1CCOC2(CCCC2)C1. The Morgan fingerprint density at radius 1 is 1.47 bits per heavy atom. The maximum Gasteiger partial charge on any atom is 0.0897 e. The Morgan fingerprint density at radius 2 is 2.24 bits per heavy atom. The van der Waals surface area contributed by atoms with Gasteiger partial charge in [0.15, 0.2) is 0 Å². The van der Waals surface area contributed by atoms with Gasteiger partial charge in [-0.05, 0) is 25.7 Å². The molecule has 2 fully saturated rings. The summed E-state index contributed by atoms with van der Waals surface area (Å²) in [7, 11) is 1.62. The summed E-state index contributed by atoms with van der Waals surface area (Å²) in [5, 5.41) is 13.1. The second-order valence-electron chi connectivity index (χ2n) is 5.45. The van der Waals surface area contributed by atoms with Crippen molar-refractivity contribution in [3.05, 3.63) is 0 Å². The van der Waals surface area contributed by atoms with Crippen LogP contribution in [0.1, 0.15) is 38.5 Å². The summed E-state index contributed by atoms with van der Waals surface area (Å²) >= 11 is 0. The second-order valence-corrected chi connectivity index (χ2v) is 5.45. The summed E-state index contributed by atoms with van der Waals surface area (Å²) in [6.07, 6.45) is 6.80. The Kier molecular flexibility index (Phi) is 4.79. The summed E-state index contributed by atoms with van der Waals surface area (Å²) in [5.74, 6) is 0. The highest BCUT2D eigenvalue weighted by molar-refractivity contribution is 4.93. The molecular formula is C13H25NO3. The summed E-state index contributed by atoms with van der Waals surface area (Å²) in [4.78, 5) is 0. The molecule has 4 nitrogen and oxygen atoms in total. The van der Waals surface area contributed by atoms with Crippen LogP contribution in [0, 0.1) is 0 Å². The molecule has 2 N–H and O–H groups in total. The summed E-state index contributed by atoms with van der Waals surface area (Å²) < 4.78 is 10.9. The van der Waals surface area contributed by atoms with Gasteiger partial charge in [-0.3, -0.25) is 0 Å². The largest absolute Gasteiger partial charge is 0.389 e. The van der Waals surface area contributed by atoms with Crippen molar-refractivity contribution in [3.8, 4) is 0 Å². The average Bonchev–Trinajstić information content (AvgIpc) is 2.75. The number of aliphatic hydroxyl groups excluding tert-OH is 1. The minimum absolute atomic E-state index is 0.155. The first-order chi connectivity index (χ1) is 8.24. The van der Waals surface area contributed by atoms with Crippen molar-refractivity contribution < 1.29 is 14.6 Å². The number of rotatable bonds is 5. The fraction of sp³-hybridized carbons (Fsp3) is 1.00. The van der Waals surface area contributed by atoms with E-state index in [0.29, 0.717) is 19.2 Å². The maximum absolute atomic E-state index is 9.62. The standard InChI is InChI=1S/C13H25NO3/c1-16-10-12(15)9-14-11-4-7-17-13(8-11)5-2-3-6-13/h11-12,14-15H,2-10H2,1H3. The van der Waals surface area contributed by atoms with E-state index in [0.717, 1.165) is 19.4 Å². The van der Waals surface area contributed by atoms with Gasteiger partial charge in [0.05, 0.1) is 18.3 Å². The van der Waals surface area contributed by atoms with E-state index in [1.165, 1.54) is 25.7 Å². The van der Waals surface area contributed by atoms with Crippen LogP contribution in [-0.2, 0) is 9.47 Å². The van der Waals surface area contributed by atoms with Crippen molar-refractivity contribution in [2.45, 2.75) is 56.3 Å². The Balaban J connectivity index is 1.74. The van der Waals surface area contributed by atoms with Gasteiger partial charge in [-0.1, -0.05) is 12.8 Å². The lowest BCUT2D eigenvalue weighted by Crippen LogP contribution is -2.47. The number of ether oxygens (including phenoxy) is 2. The molecule has 2 atom stereocenters. The highest BCUT2D eigenvalue weighted by atomic mass is 16.5. The molecule has 0 bridgehead atoms. The topological polar surface area (TPSA) is 50.7 Å². The van der Waals surface area contributed by atoms with Crippen molar-refractivity contribution in [1.29, 1.82) is 0 Å². The van der Waals surface area contributed by atoms with Crippen LogP contribution in [0.15, 0.2) is 0 Å². The van der Waals surface area contributed by atoms with E-state index in [1.807, 2.05) is 0 Å². The van der Waals surface area contributed by atoms with Crippen LogP contribution in [0.4, 0.5) is 0 Å². The molecule has 100 valence electrons. The molecule has 2 unspecified atom stereocenters. The van der Waals surface area contributed by atoms with E-state index in [1.54, 1.807) is 7.11 Å². The van der Waals surface area contributed by atoms with Gasteiger partial charge < -0.3 is 19.9 Å². The van der Waals surface area contributed by atoms with E-state index in [2.05, 4.69) is 5.32 Å². The minimum Gasteiger partial charge on any atom is -0.389 e. The summed E-state index contributed by atoms with van der Waals surface area (Å²) in [5.41, 5.74) is 0.155. The lowest BCUT2D eigenvalue weighted by Gasteiger charge is -2.39. The normalized spacial score (nSPS) is 29.6. The zero-order valence-corrected chi connectivity index (χ0v) is 10.8. The van der Waals surface area contributed by atoms with Gasteiger partial charge in [0, 0.05) is 26.3 Å². The smallest absolute Gasteiger partial charge is 0.0897 e. The predicted octanol–water partition coefficient (Wildman–Crippen LogP) is 1.08. The zero-order valence-electron chi connectivity index (χ0n) is 10.8. The molecule has 1 spiro atoms. The minimum atomic E-state index is -0.401. The quantitative estimate of drug-likeness (QED) is 0.758. The van der Waals surface area contributed by atoms with Crippen molar-refractivity contribution in [2.24, 2.45) is 0 Å². The second kappa shape index (κ2) is 6.14. The fourth-order valence-electron chi connectivity index (χ4n) is 3.12. The third-order valence-electron chi connectivity index (χ3n) is 4.01. The molecule has 0 radical (unpaired) electrons. The van der Waals surface area contributed by atoms with Crippen LogP contribution >= 0.6 is 0 Å². The molecule has 0 aromatic rings. The van der Waals surface area contributed by atoms with E-state index >= 15 is 0 Å². The van der Waals surface area contributed by atoms with Gasteiger partial charge in [-0.15, -0.1) is 0 Å². The van der Waals surface area contributed by atoms with Crippen LogP contribution in [-0.4, -0.2) is 49.7 Å². The molecule has 0 aromatic heterocycles. The van der Waals surface area contributed by atoms with Crippen molar-refractivity contribution in [3.63, 3.8) is 0 Å². The maximum atomic E-state index is 9.62. The molecule has 1 saturated heterocycles. The van der Waals surface area contributed by atoms with Gasteiger partial charge in [0.25, 0.3) is 0 Å². The Hall–Kier alpha value is -0.160. The number of methoxy groups -OCH3 is 1. The fourth-order valence-corrected chi connectivity index (χ4v) is 3.12. The van der Waals surface area contributed by atoms with Gasteiger partial charge in [0.1, 0.15) is 0 Å². The third-order valence-corrected chi connectivity index (χ3v) is 4.01. The van der Waals surface area contributed by atoms with Gasteiger partial charge >= 0.3 is 0 Å². The van der Waals surface area contributed by atoms with Crippen molar-refractivity contribution >= 4 is 0 Å². The van der Waals surface area contributed by atoms with Crippen molar-refractivity contribution in [2.75, 3.05) is 26.9 Å². The zero-order chi connectivity index (χ0) is 12.1. The first-order valence-corrected chi connectivity index (χ1v) is 6.78. The van der Waals surface area contributed by atoms with Crippen LogP contribution in [0.25, 0.3) is 0 Å².